The lowest BCUT2D eigenvalue weighted by molar-refractivity contribution is 0.0852. The first-order valence-corrected chi connectivity index (χ1v) is 7.04. The Hall–Kier alpha value is -1.00. The molecule has 2 aliphatic rings. The largest absolute Gasteiger partial charge is 0.328 e. The molecule has 3 rings (SSSR count). The van der Waals surface area contributed by atoms with Gasteiger partial charge in [0.2, 0.25) is 0 Å². The minimum Gasteiger partial charge on any atom is -0.328 e. The average molecular weight is 266 g/mol. The summed E-state index contributed by atoms with van der Waals surface area (Å²) >= 11 is 0. The topological polar surface area (TPSA) is 29.3 Å². The summed E-state index contributed by atoms with van der Waals surface area (Å²) in [5.74, 6) is -1.54. The number of rotatable bonds is 2. The van der Waals surface area contributed by atoms with Gasteiger partial charge in [-0.25, -0.2) is 8.78 Å². The molecule has 104 valence electrons. The molecule has 4 heteroatoms. The number of hydrogen-bond acceptors (Lipinski definition) is 2. The van der Waals surface area contributed by atoms with E-state index in [9.17, 15) is 8.78 Å². The van der Waals surface area contributed by atoms with Crippen LogP contribution in [0.1, 0.15) is 44.2 Å². The van der Waals surface area contributed by atoms with E-state index in [1.165, 1.54) is 25.0 Å². The van der Waals surface area contributed by atoms with Crippen molar-refractivity contribution in [2.45, 2.75) is 56.8 Å². The van der Waals surface area contributed by atoms with Crippen molar-refractivity contribution < 1.29 is 8.78 Å². The Morgan fingerprint density at radius 2 is 1.79 bits per heavy atom. The fourth-order valence-electron chi connectivity index (χ4n) is 3.83. The van der Waals surface area contributed by atoms with Gasteiger partial charge < -0.3 is 5.73 Å². The number of halogens is 2. The lowest BCUT2D eigenvalue weighted by Gasteiger charge is -2.41. The maximum atomic E-state index is 13.4. The fourth-order valence-corrected chi connectivity index (χ4v) is 3.83. The summed E-state index contributed by atoms with van der Waals surface area (Å²) < 4.78 is 26.4. The Labute approximate surface area is 112 Å². The molecule has 3 atom stereocenters. The molecule has 3 unspecified atom stereocenters. The van der Waals surface area contributed by atoms with Crippen LogP contribution in [-0.2, 0) is 0 Å². The minimum atomic E-state index is -0.778. The number of piperidine rings is 1. The quantitative estimate of drug-likeness (QED) is 0.891. The van der Waals surface area contributed by atoms with Gasteiger partial charge in [0.05, 0.1) is 0 Å². The van der Waals surface area contributed by atoms with Crippen LogP contribution in [-0.4, -0.2) is 23.0 Å². The van der Waals surface area contributed by atoms with Gasteiger partial charge in [0, 0.05) is 24.2 Å². The van der Waals surface area contributed by atoms with Gasteiger partial charge in [-0.15, -0.1) is 0 Å². The van der Waals surface area contributed by atoms with Crippen molar-refractivity contribution in [2.75, 3.05) is 0 Å². The fraction of sp³-hybridized carbons (Fsp3) is 0.600. The molecule has 0 aliphatic carbocycles. The average Bonchev–Trinajstić information content (AvgIpc) is 2.64. The van der Waals surface area contributed by atoms with Gasteiger partial charge >= 0.3 is 0 Å². The van der Waals surface area contributed by atoms with Crippen molar-refractivity contribution in [3.63, 3.8) is 0 Å². The van der Waals surface area contributed by atoms with Gasteiger partial charge in [-0.05, 0) is 50.3 Å². The van der Waals surface area contributed by atoms with Crippen molar-refractivity contribution in [1.29, 1.82) is 0 Å². The van der Waals surface area contributed by atoms with E-state index < -0.39 is 11.6 Å². The first-order chi connectivity index (χ1) is 9.06. The first-order valence-electron chi connectivity index (χ1n) is 7.04. The van der Waals surface area contributed by atoms with Crippen LogP contribution in [0.4, 0.5) is 8.78 Å². The van der Waals surface area contributed by atoms with Gasteiger partial charge in [-0.3, -0.25) is 4.90 Å². The molecule has 19 heavy (non-hydrogen) atoms. The number of hydrogen-bond donors (Lipinski definition) is 1. The van der Waals surface area contributed by atoms with Crippen molar-refractivity contribution >= 4 is 0 Å². The molecular formula is C15H20F2N2. The smallest absolute Gasteiger partial charge is 0.159 e. The highest BCUT2D eigenvalue weighted by Gasteiger charge is 2.42. The van der Waals surface area contributed by atoms with Crippen molar-refractivity contribution in [1.82, 2.24) is 4.90 Å². The van der Waals surface area contributed by atoms with Crippen LogP contribution in [0.15, 0.2) is 18.2 Å². The molecule has 2 fully saturated rings. The molecule has 1 aromatic carbocycles. The SMILES string of the molecule is CC(c1ccc(F)c(F)c1)N1C2CCC1CC(N)C2. The van der Waals surface area contributed by atoms with E-state index in [0.717, 1.165) is 18.4 Å². The Balaban J connectivity index is 1.84. The van der Waals surface area contributed by atoms with E-state index >= 15 is 0 Å². The van der Waals surface area contributed by atoms with E-state index in [1.807, 2.05) is 0 Å². The van der Waals surface area contributed by atoms with E-state index in [-0.39, 0.29) is 6.04 Å². The molecule has 2 nitrogen and oxygen atoms in total. The zero-order valence-electron chi connectivity index (χ0n) is 11.2. The highest BCUT2D eigenvalue weighted by atomic mass is 19.2. The predicted octanol–water partition coefficient (Wildman–Crippen LogP) is 2.98. The number of nitrogens with zero attached hydrogens (tertiary/aromatic N) is 1. The summed E-state index contributed by atoms with van der Waals surface area (Å²) in [5, 5.41) is 0. The normalized spacial score (nSPS) is 32.5. The second-order valence-corrected chi connectivity index (χ2v) is 5.91. The molecule has 1 aromatic rings. The zero-order valence-corrected chi connectivity index (χ0v) is 11.2. The summed E-state index contributed by atoms with van der Waals surface area (Å²) in [6.45, 7) is 2.08. The number of fused-ring (bicyclic) bond motifs is 2. The van der Waals surface area contributed by atoms with E-state index in [2.05, 4.69) is 11.8 Å². The monoisotopic (exact) mass is 266 g/mol. The molecule has 0 saturated carbocycles. The summed E-state index contributed by atoms with van der Waals surface area (Å²) in [6, 6.07) is 5.66. The third-order valence-corrected chi connectivity index (χ3v) is 4.70. The van der Waals surface area contributed by atoms with E-state index in [4.69, 9.17) is 5.73 Å². The lowest BCUT2D eigenvalue weighted by atomic mass is 9.94. The molecule has 2 aliphatic heterocycles. The molecule has 2 heterocycles. The van der Waals surface area contributed by atoms with Gasteiger partial charge in [0.25, 0.3) is 0 Å². The summed E-state index contributed by atoms with van der Waals surface area (Å²) in [6.07, 6.45) is 4.38. The number of benzene rings is 1. The zero-order chi connectivity index (χ0) is 13.6. The molecule has 2 saturated heterocycles. The minimum absolute atomic E-state index is 0.125. The second-order valence-electron chi connectivity index (χ2n) is 5.91. The van der Waals surface area contributed by atoms with Crippen LogP contribution in [0.3, 0.4) is 0 Å². The van der Waals surface area contributed by atoms with Gasteiger partial charge in [0.1, 0.15) is 0 Å². The number of nitrogens with two attached hydrogens (primary N) is 1. The van der Waals surface area contributed by atoms with Gasteiger partial charge in [-0.1, -0.05) is 6.07 Å². The molecule has 0 spiro atoms. The van der Waals surface area contributed by atoms with Crippen LogP contribution in [0.25, 0.3) is 0 Å². The highest BCUT2D eigenvalue weighted by Crippen LogP contribution is 2.41. The second kappa shape index (κ2) is 4.84. The Morgan fingerprint density at radius 3 is 2.37 bits per heavy atom. The van der Waals surface area contributed by atoms with Crippen LogP contribution in [0.5, 0.6) is 0 Å². The Kier molecular flexibility index (Phi) is 3.31. The maximum Gasteiger partial charge on any atom is 0.159 e. The molecule has 0 amide bonds. The Morgan fingerprint density at radius 1 is 1.16 bits per heavy atom. The van der Waals surface area contributed by atoms with Gasteiger partial charge in [-0.2, -0.15) is 0 Å². The van der Waals surface area contributed by atoms with Crippen molar-refractivity contribution in [2.24, 2.45) is 5.73 Å². The molecule has 2 N–H and O–H groups in total. The van der Waals surface area contributed by atoms with Crippen molar-refractivity contribution in [3.8, 4) is 0 Å². The molecule has 2 bridgehead atoms. The molecular weight excluding hydrogens is 246 g/mol. The van der Waals surface area contributed by atoms with E-state index in [0.29, 0.717) is 18.1 Å². The van der Waals surface area contributed by atoms with Crippen LogP contribution < -0.4 is 5.73 Å². The molecule has 0 aromatic heterocycles. The van der Waals surface area contributed by atoms with Crippen LogP contribution in [0, 0.1) is 11.6 Å². The Bertz CT molecular complexity index is 463. The van der Waals surface area contributed by atoms with Crippen LogP contribution >= 0.6 is 0 Å². The third kappa shape index (κ3) is 2.28. The van der Waals surface area contributed by atoms with Crippen molar-refractivity contribution in [3.05, 3.63) is 35.4 Å². The third-order valence-electron chi connectivity index (χ3n) is 4.70. The highest BCUT2D eigenvalue weighted by molar-refractivity contribution is 5.22. The standard InChI is InChI=1S/C15H20F2N2/c1-9(10-2-5-14(16)15(17)6-10)19-12-3-4-13(19)8-11(18)7-12/h2,5-6,9,11-13H,3-4,7-8,18H2,1H3. The van der Waals surface area contributed by atoms with Gasteiger partial charge in [0.15, 0.2) is 11.6 Å². The molecule has 0 radical (unpaired) electrons. The summed E-state index contributed by atoms with van der Waals surface area (Å²) in [4.78, 5) is 2.45. The lowest BCUT2D eigenvalue weighted by Crippen LogP contribution is -2.48. The van der Waals surface area contributed by atoms with Crippen LogP contribution in [0.2, 0.25) is 0 Å². The maximum absolute atomic E-state index is 13.4. The first kappa shape index (κ1) is 13.0. The summed E-state index contributed by atoms with van der Waals surface area (Å²) in [5.41, 5.74) is 6.92. The predicted molar refractivity (Wildman–Crippen MR) is 70.6 cm³/mol. The van der Waals surface area contributed by atoms with E-state index in [1.54, 1.807) is 6.07 Å². The summed E-state index contributed by atoms with van der Waals surface area (Å²) in [7, 11) is 0.